The molecule has 0 aliphatic heterocycles. The summed E-state index contributed by atoms with van der Waals surface area (Å²) in [5.41, 5.74) is 1.34. The third kappa shape index (κ3) is 5.45. The Morgan fingerprint density at radius 3 is 2.73 bits per heavy atom. The van der Waals surface area contributed by atoms with Gasteiger partial charge in [-0.1, -0.05) is 6.07 Å². The molecule has 3 rings (SSSR count). The van der Waals surface area contributed by atoms with Crippen molar-refractivity contribution in [2.45, 2.75) is 32.6 Å². The van der Waals surface area contributed by atoms with E-state index in [0.717, 1.165) is 29.7 Å². The first-order valence-electron chi connectivity index (χ1n) is 9.58. The van der Waals surface area contributed by atoms with E-state index in [4.69, 9.17) is 9.47 Å². The number of carbonyl (C=O) groups is 4. The Morgan fingerprint density at radius 2 is 2.00 bits per heavy atom. The van der Waals surface area contributed by atoms with Crippen LogP contribution in [0.3, 0.4) is 0 Å². The van der Waals surface area contributed by atoms with Crippen LogP contribution in [0, 0.1) is 0 Å². The van der Waals surface area contributed by atoms with Gasteiger partial charge in [0.25, 0.3) is 11.8 Å². The highest BCUT2D eigenvalue weighted by molar-refractivity contribution is 7.17. The van der Waals surface area contributed by atoms with E-state index < -0.39 is 24.5 Å². The molecule has 10 heteroatoms. The summed E-state index contributed by atoms with van der Waals surface area (Å²) in [4.78, 5) is 49.8. The molecule has 160 valence electrons. The first kappa shape index (κ1) is 22.0. The van der Waals surface area contributed by atoms with Gasteiger partial charge in [-0.15, -0.1) is 22.7 Å². The van der Waals surface area contributed by atoms with Crippen molar-refractivity contribution < 1.29 is 28.7 Å². The molecule has 0 aromatic carbocycles. The van der Waals surface area contributed by atoms with Crippen molar-refractivity contribution in [3.8, 4) is 0 Å². The molecule has 0 spiro atoms. The maximum atomic E-state index is 12.3. The highest BCUT2D eigenvalue weighted by Crippen LogP contribution is 2.39. The van der Waals surface area contributed by atoms with Crippen molar-refractivity contribution in [3.63, 3.8) is 0 Å². The van der Waals surface area contributed by atoms with Gasteiger partial charge in [0.1, 0.15) is 5.00 Å². The van der Waals surface area contributed by atoms with E-state index in [1.807, 2.05) is 0 Å². The molecule has 0 saturated carbocycles. The number of amides is 2. The van der Waals surface area contributed by atoms with Crippen LogP contribution in [0.1, 0.15) is 50.2 Å². The Bertz CT molecular complexity index is 935. The lowest BCUT2D eigenvalue weighted by molar-refractivity contribution is -0.147. The number of carbonyl (C=O) groups excluding carboxylic acids is 4. The molecule has 0 radical (unpaired) electrons. The fourth-order valence-electron chi connectivity index (χ4n) is 3.07. The van der Waals surface area contributed by atoms with Crippen LogP contribution in [0.5, 0.6) is 0 Å². The average Bonchev–Trinajstić information content (AvgIpc) is 3.44. The maximum Gasteiger partial charge on any atom is 0.341 e. The molecule has 0 saturated heterocycles. The summed E-state index contributed by atoms with van der Waals surface area (Å²) in [5.74, 6) is -1.84. The minimum Gasteiger partial charge on any atom is -0.462 e. The van der Waals surface area contributed by atoms with Crippen molar-refractivity contribution in [2.75, 3.05) is 25.1 Å². The Labute approximate surface area is 181 Å². The molecular formula is C20H22N2O6S2. The lowest BCUT2D eigenvalue weighted by Gasteiger charge is -2.09. The number of hydrogen-bond donors (Lipinski definition) is 2. The number of hydrogen-bond acceptors (Lipinski definition) is 8. The molecule has 2 aromatic rings. The second-order valence-corrected chi connectivity index (χ2v) is 8.53. The zero-order valence-electron chi connectivity index (χ0n) is 16.4. The van der Waals surface area contributed by atoms with Gasteiger partial charge >= 0.3 is 11.9 Å². The maximum absolute atomic E-state index is 12.3. The smallest absolute Gasteiger partial charge is 0.341 e. The van der Waals surface area contributed by atoms with Crippen molar-refractivity contribution >= 4 is 51.4 Å². The summed E-state index contributed by atoms with van der Waals surface area (Å²) >= 11 is 2.67. The van der Waals surface area contributed by atoms with Crippen LogP contribution in [0.15, 0.2) is 17.5 Å². The van der Waals surface area contributed by atoms with E-state index in [9.17, 15) is 19.2 Å². The van der Waals surface area contributed by atoms with Crippen LogP contribution in [0.25, 0.3) is 0 Å². The average molecular weight is 451 g/mol. The van der Waals surface area contributed by atoms with Gasteiger partial charge in [-0.2, -0.15) is 0 Å². The molecule has 30 heavy (non-hydrogen) atoms. The van der Waals surface area contributed by atoms with Gasteiger partial charge < -0.3 is 20.1 Å². The minimum absolute atomic E-state index is 0.0498. The van der Waals surface area contributed by atoms with Crippen LogP contribution in [-0.4, -0.2) is 43.5 Å². The molecule has 2 aromatic heterocycles. The first-order valence-corrected chi connectivity index (χ1v) is 11.3. The number of anilines is 1. The molecule has 0 unspecified atom stereocenters. The number of fused-ring (bicyclic) bond motifs is 1. The van der Waals surface area contributed by atoms with E-state index in [1.165, 1.54) is 22.7 Å². The van der Waals surface area contributed by atoms with Crippen LogP contribution in [0.4, 0.5) is 5.00 Å². The van der Waals surface area contributed by atoms with Crippen LogP contribution in [0.2, 0.25) is 0 Å². The van der Waals surface area contributed by atoms with Gasteiger partial charge in [0.15, 0.2) is 6.61 Å². The molecule has 0 fully saturated rings. The second-order valence-electron chi connectivity index (χ2n) is 6.47. The van der Waals surface area contributed by atoms with E-state index in [2.05, 4.69) is 10.6 Å². The van der Waals surface area contributed by atoms with E-state index in [1.54, 1.807) is 24.4 Å². The predicted octanol–water partition coefficient (Wildman–Crippen LogP) is 2.78. The van der Waals surface area contributed by atoms with E-state index >= 15 is 0 Å². The SMILES string of the molecule is CCOC(=O)c1c(NC(=O)COC(=O)CCNC(=O)c2cccs2)sc2c1CCC2. The number of rotatable bonds is 9. The van der Waals surface area contributed by atoms with Gasteiger partial charge in [0, 0.05) is 11.4 Å². The largest absolute Gasteiger partial charge is 0.462 e. The zero-order valence-corrected chi connectivity index (χ0v) is 18.1. The van der Waals surface area contributed by atoms with Crippen molar-refractivity contribution in [1.29, 1.82) is 0 Å². The van der Waals surface area contributed by atoms with Crippen LogP contribution < -0.4 is 10.6 Å². The molecule has 0 bridgehead atoms. The summed E-state index contributed by atoms with van der Waals surface area (Å²) < 4.78 is 10.1. The second kappa shape index (κ2) is 10.4. The molecule has 2 N–H and O–H groups in total. The Kier molecular flexibility index (Phi) is 7.58. The Balaban J connectivity index is 1.46. The lowest BCUT2D eigenvalue weighted by atomic mass is 10.1. The standard InChI is InChI=1S/C20H22N2O6S2/c1-2-27-20(26)17-12-5-3-6-13(12)30-19(17)22-15(23)11-28-16(24)8-9-21-18(25)14-7-4-10-29-14/h4,7,10H,2-3,5-6,8-9,11H2,1H3,(H,21,25)(H,22,23). The quantitative estimate of drug-likeness (QED) is 0.569. The van der Waals surface area contributed by atoms with E-state index in [0.29, 0.717) is 15.4 Å². The Hall–Kier alpha value is -2.72. The summed E-state index contributed by atoms with van der Waals surface area (Å²) in [5, 5.41) is 7.50. The monoisotopic (exact) mass is 450 g/mol. The summed E-state index contributed by atoms with van der Waals surface area (Å²) in [6.07, 6.45) is 2.57. The van der Waals surface area contributed by atoms with Crippen LogP contribution >= 0.6 is 22.7 Å². The third-order valence-corrected chi connectivity index (χ3v) is 6.45. The van der Waals surface area contributed by atoms with Gasteiger partial charge in [-0.05, 0) is 43.2 Å². The Morgan fingerprint density at radius 1 is 1.17 bits per heavy atom. The highest BCUT2D eigenvalue weighted by Gasteiger charge is 2.28. The molecule has 1 aliphatic carbocycles. The summed E-state index contributed by atoms with van der Waals surface area (Å²) in [6.45, 7) is 1.62. The van der Waals surface area contributed by atoms with Crippen molar-refractivity contribution in [2.24, 2.45) is 0 Å². The van der Waals surface area contributed by atoms with Gasteiger partial charge in [0.05, 0.1) is 23.5 Å². The third-order valence-electron chi connectivity index (χ3n) is 4.38. The number of esters is 2. The zero-order chi connectivity index (χ0) is 21.5. The molecule has 0 atom stereocenters. The van der Waals surface area contributed by atoms with E-state index in [-0.39, 0.29) is 25.5 Å². The minimum atomic E-state index is -0.601. The number of ether oxygens (including phenoxy) is 2. The summed E-state index contributed by atoms with van der Waals surface area (Å²) in [7, 11) is 0. The molecule has 1 aliphatic rings. The first-order chi connectivity index (χ1) is 14.5. The number of nitrogens with one attached hydrogen (secondary N) is 2. The van der Waals surface area contributed by atoms with Gasteiger partial charge in [0.2, 0.25) is 0 Å². The topological polar surface area (TPSA) is 111 Å². The predicted molar refractivity (Wildman–Crippen MR) is 113 cm³/mol. The number of thiophene rings is 2. The summed E-state index contributed by atoms with van der Waals surface area (Å²) in [6, 6.07) is 3.45. The lowest BCUT2D eigenvalue weighted by Crippen LogP contribution is -2.27. The molecule has 2 amide bonds. The van der Waals surface area contributed by atoms with Crippen molar-refractivity contribution in [1.82, 2.24) is 5.32 Å². The normalized spacial score (nSPS) is 12.2. The van der Waals surface area contributed by atoms with Gasteiger partial charge in [-0.3, -0.25) is 14.4 Å². The number of aryl methyl sites for hydroxylation is 1. The van der Waals surface area contributed by atoms with Gasteiger partial charge in [-0.25, -0.2) is 4.79 Å². The molecule has 2 heterocycles. The van der Waals surface area contributed by atoms with Crippen LogP contribution in [-0.2, 0) is 31.9 Å². The van der Waals surface area contributed by atoms with Crippen molar-refractivity contribution in [3.05, 3.63) is 38.4 Å². The molecule has 8 nitrogen and oxygen atoms in total. The fraction of sp³-hybridized carbons (Fsp3) is 0.400. The molecular weight excluding hydrogens is 428 g/mol. The highest BCUT2D eigenvalue weighted by atomic mass is 32.1. The fourth-order valence-corrected chi connectivity index (χ4v) is 5.00.